The molecule has 1 aromatic rings. The van der Waals surface area contributed by atoms with E-state index < -0.39 is 9.84 Å². The number of aryl methyl sites for hydroxylation is 1. The van der Waals surface area contributed by atoms with E-state index in [9.17, 15) is 13.2 Å². The molecule has 9 heteroatoms. The molecule has 146 valence electrons. The molecule has 0 unspecified atom stereocenters. The number of hydrogen-bond donors (Lipinski definition) is 1. The third kappa shape index (κ3) is 5.34. The van der Waals surface area contributed by atoms with Crippen molar-refractivity contribution in [2.24, 2.45) is 0 Å². The summed E-state index contributed by atoms with van der Waals surface area (Å²) in [5, 5.41) is 2.89. The van der Waals surface area contributed by atoms with Gasteiger partial charge in [-0.2, -0.15) is 0 Å². The summed E-state index contributed by atoms with van der Waals surface area (Å²) in [6.45, 7) is 2.81. The van der Waals surface area contributed by atoms with Crippen molar-refractivity contribution in [1.82, 2.24) is 4.90 Å². The summed E-state index contributed by atoms with van der Waals surface area (Å²) in [5.74, 6) is 0.664. The van der Waals surface area contributed by atoms with Gasteiger partial charge in [-0.15, -0.1) is 0 Å². The molecule has 1 N–H and O–H groups in total. The quantitative estimate of drug-likeness (QED) is 0.648. The Morgan fingerprint density at radius 1 is 1.38 bits per heavy atom. The van der Waals surface area contributed by atoms with Crippen molar-refractivity contribution >= 4 is 37.5 Å². The predicted octanol–water partition coefficient (Wildman–Crippen LogP) is 2.82. The highest BCUT2D eigenvalue weighted by Gasteiger charge is 2.34. The molecule has 0 spiro atoms. The van der Waals surface area contributed by atoms with Gasteiger partial charge in [0.2, 0.25) is 0 Å². The number of anilines is 1. The minimum absolute atomic E-state index is 0.00383. The van der Waals surface area contributed by atoms with Crippen molar-refractivity contribution in [3.8, 4) is 5.75 Å². The van der Waals surface area contributed by atoms with Gasteiger partial charge in [0, 0.05) is 30.8 Å². The Morgan fingerprint density at radius 3 is 2.69 bits per heavy atom. The Morgan fingerprint density at radius 2 is 2.12 bits per heavy atom. The van der Waals surface area contributed by atoms with Crippen LogP contribution in [0.25, 0.3) is 0 Å². The first-order valence-corrected chi connectivity index (χ1v) is 11.0. The molecular formula is C17H25BrN2O5S. The van der Waals surface area contributed by atoms with Crippen LogP contribution in [0.3, 0.4) is 0 Å². The lowest BCUT2D eigenvalue weighted by Gasteiger charge is -2.29. The Bertz CT molecular complexity index is 754. The number of benzene rings is 1. The van der Waals surface area contributed by atoms with Gasteiger partial charge in [-0.1, -0.05) is 15.9 Å². The van der Waals surface area contributed by atoms with Crippen LogP contribution >= 0.6 is 15.9 Å². The average molecular weight is 449 g/mol. The Kier molecular flexibility index (Phi) is 7.31. The number of carbonyl (C=O) groups is 1. The fourth-order valence-corrected chi connectivity index (χ4v) is 5.34. The third-order valence-electron chi connectivity index (χ3n) is 4.37. The molecule has 1 fully saturated rings. The minimum atomic E-state index is -3.09. The monoisotopic (exact) mass is 448 g/mol. The van der Waals surface area contributed by atoms with Crippen molar-refractivity contribution in [3.05, 3.63) is 22.2 Å². The average Bonchev–Trinajstić information content (AvgIpc) is 2.93. The molecular weight excluding hydrogens is 424 g/mol. The van der Waals surface area contributed by atoms with E-state index >= 15 is 0 Å². The van der Waals surface area contributed by atoms with E-state index in [-0.39, 0.29) is 23.6 Å². The van der Waals surface area contributed by atoms with E-state index in [4.69, 9.17) is 9.47 Å². The number of urea groups is 1. The highest BCUT2D eigenvalue weighted by Crippen LogP contribution is 2.32. The van der Waals surface area contributed by atoms with Gasteiger partial charge in [0.1, 0.15) is 5.75 Å². The number of methoxy groups -OCH3 is 2. The summed E-state index contributed by atoms with van der Waals surface area (Å²) in [5.41, 5.74) is 1.43. The fraction of sp³-hybridized carbons (Fsp3) is 0.588. The molecule has 0 aliphatic carbocycles. The Hall–Kier alpha value is -1.32. The molecule has 1 atom stereocenters. The van der Waals surface area contributed by atoms with Crippen molar-refractivity contribution < 1.29 is 22.7 Å². The smallest absolute Gasteiger partial charge is 0.322 e. The van der Waals surface area contributed by atoms with Crippen molar-refractivity contribution in [2.45, 2.75) is 25.8 Å². The number of amides is 2. The topological polar surface area (TPSA) is 84.9 Å². The largest absolute Gasteiger partial charge is 0.495 e. The molecule has 26 heavy (non-hydrogen) atoms. The van der Waals surface area contributed by atoms with E-state index in [0.29, 0.717) is 37.4 Å². The number of ether oxygens (including phenoxy) is 2. The van der Waals surface area contributed by atoms with Crippen molar-refractivity contribution in [3.63, 3.8) is 0 Å². The summed E-state index contributed by atoms with van der Waals surface area (Å²) in [6, 6.07) is 3.01. The molecule has 0 bridgehead atoms. The fourth-order valence-electron chi connectivity index (χ4n) is 3.06. The number of hydrogen-bond acceptors (Lipinski definition) is 5. The van der Waals surface area contributed by atoms with Crippen LogP contribution in [0.15, 0.2) is 16.6 Å². The van der Waals surface area contributed by atoms with Gasteiger partial charge >= 0.3 is 6.03 Å². The van der Waals surface area contributed by atoms with Crippen LogP contribution in [0.5, 0.6) is 5.75 Å². The number of nitrogens with zero attached hydrogens (tertiary/aromatic N) is 1. The Labute approximate surface area is 163 Å². The maximum atomic E-state index is 12.9. The molecule has 1 saturated heterocycles. The van der Waals surface area contributed by atoms with Crippen LogP contribution in [0.1, 0.15) is 18.4 Å². The predicted molar refractivity (Wildman–Crippen MR) is 105 cm³/mol. The van der Waals surface area contributed by atoms with Crippen LogP contribution in [0.4, 0.5) is 10.5 Å². The standard InChI is InChI=1S/C17H25BrN2O5S/c1-12-9-13(18)10-15(25-3)16(12)19-17(21)20(6-4-7-24-2)14-5-8-26(22,23)11-14/h9-10,14H,4-8,11H2,1-3H3,(H,19,21)/t14-/m1/s1. The van der Waals surface area contributed by atoms with E-state index in [2.05, 4.69) is 21.2 Å². The van der Waals surface area contributed by atoms with Crippen LogP contribution in [-0.2, 0) is 14.6 Å². The van der Waals surface area contributed by atoms with Gasteiger partial charge in [0.25, 0.3) is 0 Å². The molecule has 7 nitrogen and oxygen atoms in total. The van der Waals surface area contributed by atoms with E-state index in [0.717, 1.165) is 10.0 Å². The second-order valence-electron chi connectivity index (χ2n) is 6.33. The van der Waals surface area contributed by atoms with E-state index in [1.807, 2.05) is 13.0 Å². The lowest BCUT2D eigenvalue weighted by Crippen LogP contribution is -2.44. The molecule has 1 heterocycles. The summed E-state index contributed by atoms with van der Waals surface area (Å²) >= 11 is 3.41. The van der Waals surface area contributed by atoms with Crippen molar-refractivity contribution in [1.29, 1.82) is 0 Å². The van der Waals surface area contributed by atoms with E-state index in [1.54, 1.807) is 18.1 Å². The van der Waals surface area contributed by atoms with Gasteiger partial charge in [0.05, 0.1) is 24.3 Å². The molecule has 0 saturated carbocycles. The zero-order valence-corrected chi connectivity index (χ0v) is 17.7. The normalized spacial score (nSPS) is 18.5. The van der Waals surface area contributed by atoms with Crippen LogP contribution < -0.4 is 10.1 Å². The van der Waals surface area contributed by atoms with Crippen molar-refractivity contribution in [2.75, 3.05) is 44.2 Å². The maximum Gasteiger partial charge on any atom is 0.322 e. The van der Waals surface area contributed by atoms with Gasteiger partial charge < -0.3 is 19.7 Å². The first-order chi connectivity index (χ1) is 12.3. The molecule has 1 aromatic carbocycles. The van der Waals surface area contributed by atoms with Crippen LogP contribution in [-0.4, -0.2) is 64.3 Å². The maximum absolute atomic E-state index is 12.9. The SMILES string of the molecule is COCCCN(C(=O)Nc1c(C)cc(Br)cc1OC)[C@@H]1CCS(=O)(=O)C1. The second-order valence-corrected chi connectivity index (χ2v) is 9.47. The molecule has 2 rings (SSSR count). The molecule has 0 aromatic heterocycles. The van der Waals surface area contributed by atoms with Crippen LogP contribution in [0, 0.1) is 6.92 Å². The first-order valence-electron chi connectivity index (χ1n) is 8.38. The number of halogens is 1. The van der Waals surface area contributed by atoms with Gasteiger partial charge in [-0.3, -0.25) is 0 Å². The van der Waals surface area contributed by atoms with Gasteiger partial charge in [0.15, 0.2) is 9.84 Å². The summed E-state index contributed by atoms with van der Waals surface area (Å²) < 4.78 is 35.0. The lowest BCUT2D eigenvalue weighted by atomic mass is 10.2. The van der Waals surface area contributed by atoms with Crippen LogP contribution in [0.2, 0.25) is 0 Å². The Balaban J connectivity index is 2.21. The van der Waals surface area contributed by atoms with E-state index in [1.165, 1.54) is 7.11 Å². The summed E-state index contributed by atoms with van der Waals surface area (Å²) in [4.78, 5) is 14.5. The highest BCUT2D eigenvalue weighted by molar-refractivity contribution is 9.10. The zero-order chi connectivity index (χ0) is 19.3. The first kappa shape index (κ1) is 21.0. The third-order valence-corrected chi connectivity index (χ3v) is 6.58. The van der Waals surface area contributed by atoms with Gasteiger partial charge in [-0.05, 0) is 37.5 Å². The molecule has 2 amide bonds. The second kappa shape index (κ2) is 9.05. The number of nitrogens with one attached hydrogen (secondary N) is 1. The molecule has 1 aliphatic rings. The number of rotatable bonds is 7. The number of carbonyl (C=O) groups excluding carboxylic acids is 1. The zero-order valence-electron chi connectivity index (χ0n) is 15.2. The lowest BCUT2D eigenvalue weighted by molar-refractivity contribution is 0.162. The molecule has 1 aliphatic heterocycles. The highest BCUT2D eigenvalue weighted by atomic mass is 79.9. The van der Waals surface area contributed by atoms with Gasteiger partial charge in [-0.25, -0.2) is 13.2 Å². The molecule has 0 radical (unpaired) electrons. The summed E-state index contributed by atoms with van der Waals surface area (Å²) in [7, 11) is 0.0483. The minimum Gasteiger partial charge on any atom is -0.495 e. The summed E-state index contributed by atoms with van der Waals surface area (Å²) in [6.07, 6.45) is 1.09. The number of sulfone groups is 1.